The molecule has 0 spiro atoms. The fourth-order valence-corrected chi connectivity index (χ4v) is 13.5. The van der Waals surface area contributed by atoms with Crippen LogP contribution in [0.25, 0.3) is 11.4 Å². The Morgan fingerprint density at radius 3 is 1.22 bits per heavy atom. The molecule has 0 saturated heterocycles. The third-order valence-electron chi connectivity index (χ3n) is 20.0. The van der Waals surface area contributed by atoms with Gasteiger partial charge in [0.1, 0.15) is 23.1 Å². The summed E-state index contributed by atoms with van der Waals surface area (Å²) in [6.07, 6.45) is 5.08. The van der Waals surface area contributed by atoms with Crippen molar-refractivity contribution in [2.24, 2.45) is 0 Å². The molecule has 2 heterocycles. The molecule has 0 bridgehead atoms. The van der Waals surface area contributed by atoms with Gasteiger partial charge >= 0.3 is 0 Å². The minimum absolute atomic E-state index is 0.00848. The van der Waals surface area contributed by atoms with Gasteiger partial charge in [0.15, 0.2) is 0 Å². The molecule has 0 aliphatic heterocycles. The number of aromatic nitrogens is 4. The number of rotatable bonds is 29. The van der Waals surface area contributed by atoms with E-state index in [9.17, 15) is 9.59 Å². The van der Waals surface area contributed by atoms with Gasteiger partial charge in [-0.2, -0.15) is 0 Å². The second-order valence-corrected chi connectivity index (χ2v) is 30.4. The van der Waals surface area contributed by atoms with Crippen LogP contribution in [0.5, 0.6) is 11.5 Å². The molecule has 0 atom stereocenters. The minimum Gasteiger partial charge on any atom is -0.493 e. The largest absolute Gasteiger partial charge is 0.493 e. The number of aryl methyl sites for hydroxylation is 4. The predicted octanol–water partition coefficient (Wildman–Crippen LogP) is 21.5. The zero-order chi connectivity index (χ0) is 72.1. The standard InChI is InChI=1S/C81H96Cl4N8O6/c1-17-78(9,10)53-30-36-65(57(44-53)80(13,14)19-3)98-38-24-28-67(94)86-55-32-34-59(82)63(46-55)88-74-70(76(96)92(90-74)72-50(7)40-48(5)42-61(72)84)69(52-26-22-21-23-27-52)71-75(91-93(77(71)97)73-51(8)41-49(6)43-62(73)85)89-64-47-56(33-35-60(64)83)87-68(95)29-25-39-99-66-37-31-54(79(11,12)18-2)45-58(66)81(15,16)20-4/h21-23,26-27,30-37,40-47,69,88-91H,17-20,24-25,28-29,38-39H2,1-16H3,(H,86,94)(H,87,95). The van der Waals surface area contributed by atoms with Gasteiger partial charge in [-0.1, -0.05) is 196 Å². The van der Waals surface area contributed by atoms with Crippen molar-refractivity contribution >= 4 is 92.6 Å². The van der Waals surface area contributed by atoms with Gasteiger partial charge in [-0.15, -0.1) is 0 Å². The summed E-state index contributed by atoms with van der Waals surface area (Å²) in [7, 11) is 0. The molecule has 0 saturated carbocycles. The fraction of sp³-hybridized carbons (Fsp3) is 0.383. The van der Waals surface area contributed by atoms with Crippen LogP contribution in [-0.2, 0) is 31.2 Å². The van der Waals surface area contributed by atoms with Gasteiger partial charge in [0.25, 0.3) is 11.1 Å². The minimum atomic E-state index is -1.19. The summed E-state index contributed by atoms with van der Waals surface area (Å²) in [5.74, 6) is 0.265. The lowest BCUT2D eigenvalue weighted by atomic mass is 9.76. The summed E-state index contributed by atoms with van der Waals surface area (Å²) in [6.45, 7) is 34.9. The molecule has 0 aliphatic rings. The fourth-order valence-electron chi connectivity index (χ4n) is 12.4. The molecular formula is C81H96Cl4N8O6. The Morgan fingerprint density at radius 1 is 0.475 bits per heavy atom. The first-order valence-electron chi connectivity index (χ1n) is 34.4. The first-order chi connectivity index (χ1) is 46.8. The second-order valence-electron chi connectivity index (χ2n) is 28.8. The third-order valence-corrected chi connectivity index (χ3v) is 21.2. The first-order valence-corrected chi connectivity index (χ1v) is 35.9. The van der Waals surface area contributed by atoms with Crippen molar-refractivity contribution in [3.8, 4) is 22.9 Å². The molecule has 2 aromatic heterocycles. The Balaban J connectivity index is 1.06. The second kappa shape index (κ2) is 31.2. The van der Waals surface area contributed by atoms with Crippen LogP contribution in [0.15, 0.2) is 137 Å². The quantitative estimate of drug-likeness (QED) is 0.0251. The molecule has 0 radical (unpaired) electrons. The number of H-pyrrole nitrogens is 2. The van der Waals surface area contributed by atoms with E-state index in [1.54, 1.807) is 48.5 Å². The normalized spacial score (nSPS) is 12.1. The number of hydrogen-bond acceptors (Lipinski definition) is 8. The van der Waals surface area contributed by atoms with Crippen LogP contribution in [0.1, 0.15) is 202 Å². The molecular weight excluding hydrogens is 1320 g/mol. The van der Waals surface area contributed by atoms with Gasteiger partial charge in [0.05, 0.1) is 73.1 Å². The Morgan fingerprint density at radius 2 is 0.859 bits per heavy atom. The van der Waals surface area contributed by atoms with Gasteiger partial charge in [0.2, 0.25) is 11.8 Å². The van der Waals surface area contributed by atoms with Crippen LogP contribution in [0, 0.1) is 27.7 Å². The van der Waals surface area contributed by atoms with E-state index in [2.05, 4.69) is 151 Å². The Hall–Kier alpha value is -8.14. The number of nitrogens with one attached hydrogen (secondary N) is 6. The number of amides is 2. The van der Waals surface area contributed by atoms with Crippen molar-refractivity contribution < 1.29 is 19.1 Å². The highest BCUT2D eigenvalue weighted by Gasteiger charge is 2.36. The summed E-state index contributed by atoms with van der Waals surface area (Å²) in [5.41, 5.74) is 9.63. The van der Waals surface area contributed by atoms with Crippen LogP contribution < -0.4 is 41.9 Å². The van der Waals surface area contributed by atoms with Crippen LogP contribution >= 0.6 is 46.4 Å². The van der Waals surface area contributed by atoms with Crippen molar-refractivity contribution in [3.63, 3.8) is 0 Å². The molecule has 7 aromatic carbocycles. The van der Waals surface area contributed by atoms with E-state index in [0.29, 0.717) is 86.9 Å². The van der Waals surface area contributed by atoms with E-state index in [1.165, 1.54) is 20.5 Å². The van der Waals surface area contributed by atoms with E-state index >= 15 is 9.59 Å². The van der Waals surface area contributed by atoms with Gasteiger partial charge in [-0.3, -0.25) is 29.4 Å². The SMILES string of the molecule is CCC(C)(C)c1ccc(OCCCC(=O)Nc2ccc(Cl)c(Nc3[nH]n(-c4c(C)cc(C)cc4Cl)c(=O)c3C(c3ccccc3)c3c(Nc4cc(NC(=O)CCCOc5ccc(C(C)(C)CC)cc5C(C)(C)CC)ccc4Cl)[nH]n(-c4c(C)cc(C)cc4Cl)c3=O)c2)c(C(C)(C)CC)c1. The molecule has 0 fully saturated rings. The van der Waals surface area contributed by atoms with E-state index < -0.39 is 17.0 Å². The molecule has 9 aromatic rings. The van der Waals surface area contributed by atoms with Crippen molar-refractivity contribution in [1.29, 1.82) is 0 Å². The van der Waals surface area contributed by atoms with Gasteiger partial charge < -0.3 is 30.7 Å². The number of anilines is 6. The Labute approximate surface area is 603 Å². The average molecular weight is 1420 g/mol. The Kier molecular flexibility index (Phi) is 23.6. The number of halogens is 4. The highest BCUT2D eigenvalue weighted by Crippen LogP contribution is 2.44. The Bertz CT molecular complexity index is 4250. The van der Waals surface area contributed by atoms with Gasteiger partial charge in [0, 0.05) is 35.3 Å². The maximum absolute atomic E-state index is 16.0. The van der Waals surface area contributed by atoms with Crippen molar-refractivity contribution in [1.82, 2.24) is 19.6 Å². The lowest BCUT2D eigenvalue weighted by Gasteiger charge is -2.30. The van der Waals surface area contributed by atoms with Gasteiger partial charge in [-0.25, -0.2) is 9.36 Å². The number of ether oxygens (including phenoxy) is 2. The lowest BCUT2D eigenvalue weighted by molar-refractivity contribution is -0.117. The van der Waals surface area contributed by atoms with Crippen LogP contribution in [0.3, 0.4) is 0 Å². The smallest absolute Gasteiger partial charge is 0.277 e. The summed E-state index contributed by atoms with van der Waals surface area (Å²) >= 11 is 28.5. The topological polar surface area (TPSA) is 176 Å². The molecule has 0 unspecified atom stereocenters. The molecule has 99 heavy (non-hydrogen) atoms. The van der Waals surface area contributed by atoms with Crippen LogP contribution in [-0.4, -0.2) is 44.6 Å². The molecule has 524 valence electrons. The molecule has 18 heteroatoms. The van der Waals surface area contributed by atoms with E-state index in [-0.39, 0.29) is 79.1 Å². The summed E-state index contributed by atoms with van der Waals surface area (Å²) in [4.78, 5) is 59.7. The zero-order valence-corrected chi connectivity index (χ0v) is 63.2. The molecule has 14 nitrogen and oxygen atoms in total. The average Bonchev–Trinajstić information content (AvgIpc) is 1.77. The number of benzene rings is 7. The van der Waals surface area contributed by atoms with Crippen molar-refractivity contribution in [2.75, 3.05) is 34.5 Å². The maximum Gasteiger partial charge on any atom is 0.277 e. The van der Waals surface area contributed by atoms with Crippen molar-refractivity contribution in [2.45, 2.75) is 190 Å². The van der Waals surface area contributed by atoms with Crippen molar-refractivity contribution in [3.05, 3.63) is 229 Å². The number of aromatic amines is 2. The molecule has 0 aliphatic carbocycles. The lowest BCUT2D eigenvalue weighted by Crippen LogP contribution is -2.26. The monoisotopic (exact) mass is 1420 g/mol. The zero-order valence-electron chi connectivity index (χ0n) is 60.1. The van der Waals surface area contributed by atoms with Gasteiger partial charge in [-0.05, 0) is 187 Å². The van der Waals surface area contributed by atoms with E-state index in [1.807, 2.05) is 70.2 Å². The summed E-state index contributed by atoms with van der Waals surface area (Å²) in [5, 5.41) is 20.8. The molecule has 2 amide bonds. The summed E-state index contributed by atoms with van der Waals surface area (Å²) < 4.78 is 15.6. The first kappa shape index (κ1) is 75.1. The summed E-state index contributed by atoms with van der Waals surface area (Å²) in [6, 6.07) is 39.7. The molecule has 6 N–H and O–H groups in total. The number of carbonyl (C=O) groups excluding carboxylic acids is 2. The van der Waals surface area contributed by atoms with Crippen LogP contribution in [0.4, 0.5) is 34.4 Å². The highest BCUT2D eigenvalue weighted by atomic mass is 35.5. The van der Waals surface area contributed by atoms with E-state index in [0.717, 1.165) is 59.4 Å². The molecule has 9 rings (SSSR count). The number of carbonyl (C=O) groups is 2. The predicted molar refractivity (Wildman–Crippen MR) is 411 cm³/mol. The number of nitrogens with zero attached hydrogens (tertiary/aromatic N) is 2. The highest BCUT2D eigenvalue weighted by molar-refractivity contribution is 6.34. The maximum atomic E-state index is 16.0. The van der Waals surface area contributed by atoms with E-state index in [4.69, 9.17) is 55.9 Å². The van der Waals surface area contributed by atoms with Crippen LogP contribution in [0.2, 0.25) is 20.1 Å². The third kappa shape index (κ3) is 17.0. The number of hydrogen-bond donors (Lipinski definition) is 6.